The second-order valence-corrected chi connectivity index (χ2v) is 13.6. The standard InChI is InChI=1S/C50H30N4/c51-31-33-23-25-39(36(27-33)32-52)50-43(34-13-3-1-4-14-34)29-38(30-44(50)35-15-5-2-6-16-35)54-48-22-12-9-19-42(48)45-28-37(24-26-49(45)54)53-46-20-10-7-17-40(46)41-18-8-11-21-47(41)53/h1-30H. The molecular weight excluding hydrogens is 657 g/mol. The summed E-state index contributed by atoms with van der Waals surface area (Å²) in [6.07, 6.45) is 0. The van der Waals surface area contributed by atoms with Gasteiger partial charge in [-0.15, -0.1) is 0 Å². The first-order chi connectivity index (χ1) is 26.7. The minimum absolute atomic E-state index is 0.458. The third-order valence-corrected chi connectivity index (χ3v) is 10.6. The highest BCUT2D eigenvalue weighted by atomic mass is 15.0. The van der Waals surface area contributed by atoms with Crippen LogP contribution in [0.15, 0.2) is 182 Å². The average Bonchev–Trinajstić information content (AvgIpc) is 3.76. The Bertz CT molecular complexity index is 3060. The van der Waals surface area contributed by atoms with Gasteiger partial charge in [-0.3, -0.25) is 0 Å². The molecule has 0 saturated heterocycles. The summed E-state index contributed by atoms with van der Waals surface area (Å²) in [6, 6.07) is 67.9. The van der Waals surface area contributed by atoms with Gasteiger partial charge in [-0.1, -0.05) is 121 Å². The van der Waals surface area contributed by atoms with Gasteiger partial charge in [-0.25, -0.2) is 0 Å². The minimum Gasteiger partial charge on any atom is -0.309 e. The Balaban J connectivity index is 1.29. The summed E-state index contributed by atoms with van der Waals surface area (Å²) in [6.45, 7) is 0. The highest BCUT2D eigenvalue weighted by Gasteiger charge is 2.22. The van der Waals surface area contributed by atoms with E-state index >= 15 is 0 Å². The van der Waals surface area contributed by atoms with Gasteiger partial charge in [0.2, 0.25) is 0 Å². The fourth-order valence-electron chi connectivity index (χ4n) is 8.24. The summed E-state index contributed by atoms with van der Waals surface area (Å²) in [5, 5.41) is 24.9. The maximum atomic E-state index is 10.4. The van der Waals surface area contributed by atoms with E-state index in [0.29, 0.717) is 11.1 Å². The Labute approximate surface area is 312 Å². The van der Waals surface area contributed by atoms with Crippen molar-refractivity contribution in [2.24, 2.45) is 0 Å². The molecule has 0 aliphatic carbocycles. The zero-order chi connectivity index (χ0) is 36.2. The first kappa shape index (κ1) is 31.1. The number of rotatable bonds is 5. The summed E-state index contributed by atoms with van der Waals surface area (Å²) in [7, 11) is 0. The van der Waals surface area contributed by atoms with E-state index in [2.05, 4.69) is 173 Å². The quantitative estimate of drug-likeness (QED) is 0.181. The van der Waals surface area contributed by atoms with E-state index < -0.39 is 0 Å². The number of nitriles is 2. The molecule has 8 aromatic carbocycles. The summed E-state index contributed by atoms with van der Waals surface area (Å²) in [5.74, 6) is 0. The Hall–Kier alpha value is -7.66. The summed E-state index contributed by atoms with van der Waals surface area (Å²) < 4.78 is 4.74. The molecule has 0 aliphatic heterocycles. The van der Waals surface area contributed by atoms with E-state index in [1.807, 2.05) is 18.2 Å². The average molecular weight is 687 g/mol. The maximum Gasteiger partial charge on any atom is 0.0998 e. The molecule has 10 aromatic rings. The normalized spacial score (nSPS) is 11.3. The lowest BCUT2D eigenvalue weighted by atomic mass is 9.85. The predicted molar refractivity (Wildman–Crippen MR) is 221 cm³/mol. The number of nitrogens with zero attached hydrogens (tertiary/aromatic N) is 4. The largest absolute Gasteiger partial charge is 0.309 e. The Kier molecular flexibility index (Phi) is 7.22. The number of hydrogen-bond donors (Lipinski definition) is 0. The monoisotopic (exact) mass is 686 g/mol. The zero-order valence-corrected chi connectivity index (χ0v) is 29.1. The lowest BCUT2D eigenvalue weighted by Crippen LogP contribution is -2.00. The Morgan fingerprint density at radius 3 is 1.37 bits per heavy atom. The fraction of sp³-hybridized carbons (Fsp3) is 0. The van der Waals surface area contributed by atoms with Gasteiger partial charge in [0.15, 0.2) is 0 Å². The number of para-hydroxylation sites is 3. The molecular formula is C50H30N4. The lowest BCUT2D eigenvalue weighted by Gasteiger charge is -2.21. The van der Waals surface area contributed by atoms with Crippen LogP contribution in [-0.2, 0) is 0 Å². The molecule has 2 heterocycles. The van der Waals surface area contributed by atoms with Crippen LogP contribution in [0, 0.1) is 22.7 Å². The van der Waals surface area contributed by atoms with Crippen LogP contribution >= 0.6 is 0 Å². The second kappa shape index (κ2) is 12.5. The van der Waals surface area contributed by atoms with Gasteiger partial charge in [-0.2, -0.15) is 10.5 Å². The Morgan fingerprint density at radius 1 is 0.352 bits per heavy atom. The van der Waals surface area contributed by atoms with Gasteiger partial charge in [0.05, 0.1) is 45.3 Å². The minimum atomic E-state index is 0.458. The third kappa shape index (κ3) is 4.83. The number of fused-ring (bicyclic) bond motifs is 6. The second-order valence-electron chi connectivity index (χ2n) is 13.6. The van der Waals surface area contributed by atoms with Crippen LogP contribution in [-0.4, -0.2) is 9.13 Å². The molecule has 10 rings (SSSR count). The van der Waals surface area contributed by atoms with Crippen LogP contribution in [0.5, 0.6) is 0 Å². The van der Waals surface area contributed by atoms with Crippen molar-refractivity contribution in [3.05, 3.63) is 193 Å². The highest BCUT2D eigenvalue weighted by Crippen LogP contribution is 2.45. The van der Waals surface area contributed by atoms with Crippen molar-refractivity contribution in [1.82, 2.24) is 9.13 Å². The van der Waals surface area contributed by atoms with E-state index in [1.54, 1.807) is 12.1 Å². The molecule has 54 heavy (non-hydrogen) atoms. The molecule has 0 unspecified atom stereocenters. The van der Waals surface area contributed by atoms with Gasteiger partial charge in [0.1, 0.15) is 0 Å². The summed E-state index contributed by atoms with van der Waals surface area (Å²) in [5.41, 5.74) is 13.4. The molecule has 0 spiro atoms. The van der Waals surface area contributed by atoms with Crippen LogP contribution in [0.1, 0.15) is 11.1 Å². The SMILES string of the molecule is N#Cc1ccc(-c2c(-c3ccccc3)cc(-n3c4ccccc4c4cc(-n5c6ccccc6c6ccccc65)ccc43)cc2-c2ccccc2)c(C#N)c1. The van der Waals surface area contributed by atoms with Crippen LogP contribution in [0.3, 0.4) is 0 Å². The van der Waals surface area contributed by atoms with Crippen molar-refractivity contribution < 1.29 is 0 Å². The number of benzene rings is 8. The zero-order valence-electron chi connectivity index (χ0n) is 29.1. The molecule has 0 atom stereocenters. The van der Waals surface area contributed by atoms with Gasteiger partial charge in [0.25, 0.3) is 0 Å². The molecule has 2 aromatic heterocycles. The van der Waals surface area contributed by atoms with Crippen molar-refractivity contribution >= 4 is 43.6 Å². The first-order valence-corrected chi connectivity index (χ1v) is 18.0. The molecule has 4 nitrogen and oxygen atoms in total. The summed E-state index contributed by atoms with van der Waals surface area (Å²) >= 11 is 0. The summed E-state index contributed by atoms with van der Waals surface area (Å²) in [4.78, 5) is 0. The molecule has 0 radical (unpaired) electrons. The highest BCUT2D eigenvalue weighted by molar-refractivity contribution is 6.12. The fourth-order valence-corrected chi connectivity index (χ4v) is 8.24. The lowest BCUT2D eigenvalue weighted by molar-refractivity contribution is 1.17. The van der Waals surface area contributed by atoms with E-state index in [9.17, 15) is 10.5 Å². The van der Waals surface area contributed by atoms with Crippen molar-refractivity contribution in [3.63, 3.8) is 0 Å². The van der Waals surface area contributed by atoms with Gasteiger partial charge >= 0.3 is 0 Å². The molecule has 0 bridgehead atoms. The Morgan fingerprint density at radius 2 is 0.833 bits per heavy atom. The first-order valence-electron chi connectivity index (χ1n) is 18.0. The number of aromatic nitrogens is 2. The third-order valence-electron chi connectivity index (χ3n) is 10.6. The smallest absolute Gasteiger partial charge is 0.0998 e. The molecule has 0 saturated carbocycles. The van der Waals surface area contributed by atoms with Crippen molar-refractivity contribution in [2.75, 3.05) is 0 Å². The van der Waals surface area contributed by atoms with Crippen molar-refractivity contribution in [3.8, 4) is 56.9 Å². The van der Waals surface area contributed by atoms with E-state index in [1.165, 1.54) is 27.2 Å². The van der Waals surface area contributed by atoms with Crippen LogP contribution in [0.25, 0.3) is 88.4 Å². The van der Waals surface area contributed by atoms with Crippen LogP contribution in [0.4, 0.5) is 0 Å². The van der Waals surface area contributed by atoms with Gasteiger partial charge in [0, 0.05) is 38.5 Å². The number of hydrogen-bond acceptors (Lipinski definition) is 2. The predicted octanol–water partition coefficient (Wildman–Crippen LogP) is 12.6. The molecule has 0 aliphatic rings. The van der Waals surface area contributed by atoms with Crippen molar-refractivity contribution in [1.29, 1.82) is 10.5 Å². The van der Waals surface area contributed by atoms with E-state index in [4.69, 9.17) is 0 Å². The maximum absolute atomic E-state index is 10.4. The molecule has 4 heteroatoms. The van der Waals surface area contributed by atoms with Crippen molar-refractivity contribution in [2.45, 2.75) is 0 Å². The topological polar surface area (TPSA) is 57.4 Å². The van der Waals surface area contributed by atoms with E-state index in [-0.39, 0.29) is 0 Å². The van der Waals surface area contributed by atoms with E-state index in [0.717, 1.165) is 61.2 Å². The van der Waals surface area contributed by atoms with Gasteiger partial charge in [-0.05, 0) is 88.5 Å². The molecule has 0 N–H and O–H groups in total. The van der Waals surface area contributed by atoms with Gasteiger partial charge < -0.3 is 9.13 Å². The van der Waals surface area contributed by atoms with Crippen LogP contribution < -0.4 is 0 Å². The molecule has 0 amide bonds. The molecule has 250 valence electrons. The van der Waals surface area contributed by atoms with Crippen LogP contribution in [0.2, 0.25) is 0 Å². The molecule has 0 fully saturated rings.